The van der Waals surface area contributed by atoms with Gasteiger partial charge in [0.05, 0.1) is 14.2 Å². The summed E-state index contributed by atoms with van der Waals surface area (Å²) in [5.41, 5.74) is 3.66. The van der Waals surface area contributed by atoms with Gasteiger partial charge in [-0.2, -0.15) is 0 Å². The maximum atomic E-state index is 11.7. The molecular formula is C18H22N2O3. The van der Waals surface area contributed by atoms with E-state index >= 15 is 0 Å². The topological polar surface area (TPSA) is 43.7 Å². The fourth-order valence-electron chi connectivity index (χ4n) is 3.02. The first kappa shape index (κ1) is 15.6. The number of benzene rings is 1. The van der Waals surface area contributed by atoms with Crippen molar-refractivity contribution >= 4 is 0 Å². The van der Waals surface area contributed by atoms with E-state index in [1.807, 2.05) is 12.3 Å². The molecule has 0 bridgehead atoms. The predicted octanol–water partition coefficient (Wildman–Crippen LogP) is 1.96. The number of hydrogen-bond donors (Lipinski definition) is 0. The Hall–Kier alpha value is -2.27. The molecule has 0 N–H and O–H groups in total. The minimum Gasteiger partial charge on any atom is -0.493 e. The van der Waals surface area contributed by atoms with Crippen LogP contribution in [-0.4, -0.2) is 30.2 Å². The number of ether oxygens (including phenoxy) is 2. The van der Waals surface area contributed by atoms with Crippen LogP contribution in [0, 0.1) is 0 Å². The van der Waals surface area contributed by atoms with Crippen LogP contribution in [0.3, 0.4) is 0 Å². The fraction of sp³-hybridized carbons (Fsp3) is 0.389. The first-order valence-electron chi connectivity index (χ1n) is 7.72. The van der Waals surface area contributed by atoms with Crippen molar-refractivity contribution in [3.8, 4) is 11.5 Å². The Morgan fingerprint density at radius 3 is 2.43 bits per heavy atom. The van der Waals surface area contributed by atoms with E-state index < -0.39 is 0 Å². The van der Waals surface area contributed by atoms with Crippen molar-refractivity contribution in [1.82, 2.24) is 9.47 Å². The van der Waals surface area contributed by atoms with Gasteiger partial charge < -0.3 is 14.0 Å². The second-order valence-corrected chi connectivity index (χ2v) is 5.92. The lowest BCUT2D eigenvalue weighted by molar-refractivity contribution is 0.244. The van der Waals surface area contributed by atoms with Crippen molar-refractivity contribution in [1.29, 1.82) is 0 Å². The number of hydrogen-bond acceptors (Lipinski definition) is 4. The molecule has 2 heterocycles. The van der Waals surface area contributed by atoms with Gasteiger partial charge in [-0.25, -0.2) is 0 Å². The fourth-order valence-corrected chi connectivity index (χ4v) is 3.02. The van der Waals surface area contributed by atoms with Gasteiger partial charge in [0.1, 0.15) is 0 Å². The third kappa shape index (κ3) is 3.24. The van der Waals surface area contributed by atoms with Crippen molar-refractivity contribution in [2.75, 3.05) is 20.8 Å². The highest BCUT2D eigenvalue weighted by molar-refractivity contribution is 5.48. The molecule has 0 fully saturated rings. The van der Waals surface area contributed by atoms with Gasteiger partial charge in [-0.05, 0) is 41.3 Å². The SMILES string of the molecule is COc1cc2c(cc1OC)CN(Cc1ccn(C)c(=O)c1)CC2. The lowest BCUT2D eigenvalue weighted by Gasteiger charge is -2.29. The molecule has 5 nitrogen and oxygen atoms in total. The second-order valence-electron chi connectivity index (χ2n) is 5.92. The third-order valence-corrected chi connectivity index (χ3v) is 4.37. The molecule has 0 saturated heterocycles. The molecule has 5 heteroatoms. The maximum Gasteiger partial charge on any atom is 0.250 e. The molecule has 0 aliphatic carbocycles. The minimum atomic E-state index is 0.0336. The van der Waals surface area contributed by atoms with Crippen LogP contribution in [0.15, 0.2) is 35.3 Å². The first-order chi connectivity index (χ1) is 11.1. The molecule has 2 aromatic rings. The molecule has 0 amide bonds. The summed E-state index contributed by atoms with van der Waals surface area (Å²) in [7, 11) is 5.09. The monoisotopic (exact) mass is 314 g/mol. The normalized spacial score (nSPS) is 14.4. The van der Waals surface area contributed by atoms with Crippen LogP contribution in [0.1, 0.15) is 16.7 Å². The second kappa shape index (κ2) is 6.46. The van der Waals surface area contributed by atoms with Crippen molar-refractivity contribution in [2.24, 2.45) is 7.05 Å². The van der Waals surface area contributed by atoms with Crippen LogP contribution in [0.25, 0.3) is 0 Å². The molecule has 1 aromatic heterocycles. The Balaban J connectivity index is 1.79. The zero-order valence-corrected chi connectivity index (χ0v) is 13.8. The molecule has 0 spiro atoms. The largest absolute Gasteiger partial charge is 0.493 e. The number of fused-ring (bicyclic) bond motifs is 1. The maximum absolute atomic E-state index is 11.7. The van der Waals surface area contributed by atoms with Crippen molar-refractivity contribution in [3.05, 3.63) is 57.5 Å². The molecule has 23 heavy (non-hydrogen) atoms. The summed E-state index contributed by atoms with van der Waals surface area (Å²) in [6, 6.07) is 7.85. The number of methoxy groups -OCH3 is 2. The molecule has 3 rings (SSSR count). The Kier molecular flexibility index (Phi) is 4.39. The molecule has 1 aliphatic rings. The Labute approximate surface area is 136 Å². The van der Waals surface area contributed by atoms with Crippen molar-refractivity contribution < 1.29 is 9.47 Å². The molecule has 1 aromatic carbocycles. The summed E-state index contributed by atoms with van der Waals surface area (Å²) in [6.07, 6.45) is 2.80. The van der Waals surface area contributed by atoms with Crippen LogP contribution < -0.4 is 15.0 Å². The van der Waals surface area contributed by atoms with E-state index in [4.69, 9.17) is 9.47 Å². The highest BCUT2D eigenvalue weighted by Gasteiger charge is 2.19. The van der Waals surface area contributed by atoms with Crippen LogP contribution in [0.4, 0.5) is 0 Å². The van der Waals surface area contributed by atoms with Gasteiger partial charge in [-0.3, -0.25) is 9.69 Å². The number of nitrogens with zero attached hydrogens (tertiary/aromatic N) is 2. The van der Waals surface area contributed by atoms with Crippen LogP contribution >= 0.6 is 0 Å². The van der Waals surface area contributed by atoms with Gasteiger partial charge in [0.15, 0.2) is 11.5 Å². The van der Waals surface area contributed by atoms with Gasteiger partial charge in [0, 0.05) is 38.9 Å². The van der Waals surface area contributed by atoms with Gasteiger partial charge in [-0.1, -0.05) is 0 Å². The Bertz CT molecular complexity index is 767. The van der Waals surface area contributed by atoms with E-state index in [0.29, 0.717) is 0 Å². The number of aryl methyl sites for hydroxylation is 1. The van der Waals surface area contributed by atoms with Crippen LogP contribution in [-0.2, 0) is 26.6 Å². The summed E-state index contributed by atoms with van der Waals surface area (Å²) in [6.45, 7) is 2.60. The van der Waals surface area contributed by atoms with Gasteiger partial charge in [0.2, 0.25) is 0 Å². The predicted molar refractivity (Wildman–Crippen MR) is 89.0 cm³/mol. The minimum absolute atomic E-state index is 0.0336. The van der Waals surface area contributed by atoms with Gasteiger partial charge in [0.25, 0.3) is 5.56 Å². The first-order valence-corrected chi connectivity index (χ1v) is 7.72. The number of rotatable bonds is 4. The van der Waals surface area contributed by atoms with Crippen molar-refractivity contribution in [3.63, 3.8) is 0 Å². The summed E-state index contributed by atoms with van der Waals surface area (Å²) >= 11 is 0. The van der Waals surface area contributed by atoms with E-state index in [2.05, 4.69) is 17.0 Å². The highest BCUT2D eigenvalue weighted by atomic mass is 16.5. The lowest BCUT2D eigenvalue weighted by Crippen LogP contribution is -2.30. The summed E-state index contributed by atoms with van der Waals surface area (Å²) in [5, 5.41) is 0. The Morgan fingerprint density at radius 2 is 1.78 bits per heavy atom. The highest BCUT2D eigenvalue weighted by Crippen LogP contribution is 2.33. The van der Waals surface area contributed by atoms with Crippen LogP contribution in [0.5, 0.6) is 11.5 Å². The number of pyridine rings is 1. The Morgan fingerprint density at radius 1 is 1.09 bits per heavy atom. The summed E-state index contributed by atoms with van der Waals surface area (Å²) < 4.78 is 12.4. The van der Waals surface area contributed by atoms with E-state index in [1.165, 1.54) is 11.1 Å². The number of aromatic nitrogens is 1. The van der Waals surface area contributed by atoms with Crippen LogP contribution in [0.2, 0.25) is 0 Å². The van der Waals surface area contributed by atoms with E-state index in [0.717, 1.165) is 43.1 Å². The quantitative estimate of drug-likeness (QED) is 0.865. The van der Waals surface area contributed by atoms with Crippen molar-refractivity contribution in [2.45, 2.75) is 19.5 Å². The molecule has 0 radical (unpaired) electrons. The van der Waals surface area contributed by atoms with E-state index in [1.54, 1.807) is 31.9 Å². The molecule has 0 saturated carbocycles. The third-order valence-electron chi connectivity index (χ3n) is 4.37. The van der Waals surface area contributed by atoms with Gasteiger partial charge >= 0.3 is 0 Å². The summed E-state index contributed by atoms with van der Waals surface area (Å²) in [5.74, 6) is 1.55. The zero-order chi connectivity index (χ0) is 16.4. The zero-order valence-electron chi connectivity index (χ0n) is 13.8. The summed E-state index contributed by atoms with van der Waals surface area (Å²) in [4.78, 5) is 14.1. The standard InChI is InChI=1S/C18H22N2O3/c1-19-6-4-13(8-18(19)21)11-20-7-5-14-9-16(22-2)17(23-3)10-15(14)12-20/h4,6,8-10H,5,7,11-12H2,1-3H3. The molecule has 0 unspecified atom stereocenters. The smallest absolute Gasteiger partial charge is 0.250 e. The average molecular weight is 314 g/mol. The van der Waals surface area contributed by atoms with Gasteiger partial charge in [-0.15, -0.1) is 0 Å². The molecular weight excluding hydrogens is 292 g/mol. The molecule has 1 aliphatic heterocycles. The van der Waals surface area contributed by atoms with E-state index in [9.17, 15) is 4.79 Å². The lowest BCUT2D eigenvalue weighted by atomic mass is 9.98. The molecule has 0 atom stereocenters. The van der Waals surface area contributed by atoms with E-state index in [-0.39, 0.29) is 5.56 Å². The molecule has 122 valence electrons. The average Bonchev–Trinajstić information content (AvgIpc) is 2.56.